The maximum atomic E-state index is 12.0. The van der Waals surface area contributed by atoms with E-state index in [0.29, 0.717) is 12.1 Å². The molecular formula is C15H16ClN3O. The average molecular weight is 290 g/mol. The molecule has 5 heteroatoms. The monoisotopic (exact) mass is 289 g/mol. The van der Waals surface area contributed by atoms with Gasteiger partial charge in [0.05, 0.1) is 11.7 Å². The van der Waals surface area contributed by atoms with Crippen LogP contribution in [0.1, 0.15) is 12.0 Å². The highest BCUT2D eigenvalue weighted by atomic mass is 35.5. The Labute approximate surface area is 123 Å². The number of hydrogen-bond acceptors (Lipinski definition) is 3. The van der Waals surface area contributed by atoms with Crippen molar-refractivity contribution in [1.82, 2.24) is 4.98 Å². The van der Waals surface area contributed by atoms with E-state index >= 15 is 0 Å². The second kappa shape index (κ2) is 7.03. The highest BCUT2D eigenvalue weighted by molar-refractivity contribution is 6.32. The van der Waals surface area contributed by atoms with Gasteiger partial charge in [-0.1, -0.05) is 41.9 Å². The van der Waals surface area contributed by atoms with Crippen molar-refractivity contribution in [2.24, 2.45) is 5.73 Å². The summed E-state index contributed by atoms with van der Waals surface area (Å²) in [5.41, 5.74) is 7.53. The van der Waals surface area contributed by atoms with Gasteiger partial charge in [0.15, 0.2) is 5.15 Å². The van der Waals surface area contributed by atoms with Gasteiger partial charge in [0, 0.05) is 6.20 Å². The average Bonchev–Trinajstić information content (AvgIpc) is 2.48. The highest BCUT2D eigenvalue weighted by Gasteiger charge is 2.14. The number of nitrogens with zero attached hydrogens (tertiary/aromatic N) is 1. The van der Waals surface area contributed by atoms with E-state index in [-0.39, 0.29) is 11.1 Å². The molecule has 3 N–H and O–H groups in total. The number of halogens is 1. The number of rotatable bonds is 5. The van der Waals surface area contributed by atoms with Gasteiger partial charge in [-0.15, -0.1) is 0 Å². The van der Waals surface area contributed by atoms with Crippen molar-refractivity contribution in [3.63, 3.8) is 0 Å². The molecule has 1 atom stereocenters. The van der Waals surface area contributed by atoms with Crippen molar-refractivity contribution in [3.8, 4) is 0 Å². The van der Waals surface area contributed by atoms with Crippen LogP contribution in [0.25, 0.3) is 0 Å². The standard InChI is InChI=1S/C15H16ClN3O/c16-14-13(7-4-10-18-14)19-15(20)12(17)9-8-11-5-2-1-3-6-11/h1-7,10,12H,8-9,17H2,(H,19,20)/t12-/m0/s1. The second-order valence-electron chi connectivity index (χ2n) is 4.46. The van der Waals surface area contributed by atoms with Gasteiger partial charge in [0.1, 0.15) is 0 Å². The van der Waals surface area contributed by atoms with E-state index in [1.807, 2.05) is 30.3 Å². The largest absolute Gasteiger partial charge is 0.322 e. The molecule has 0 unspecified atom stereocenters. The van der Waals surface area contributed by atoms with E-state index in [2.05, 4.69) is 10.3 Å². The fraction of sp³-hybridized carbons (Fsp3) is 0.200. The zero-order valence-electron chi connectivity index (χ0n) is 10.9. The van der Waals surface area contributed by atoms with Crippen LogP contribution in [0.4, 0.5) is 5.69 Å². The minimum absolute atomic E-state index is 0.254. The van der Waals surface area contributed by atoms with Crippen molar-refractivity contribution in [1.29, 1.82) is 0 Å². The maximum absolute atomic E-state index is 12.0. The molecule has 2 aromatic rings. The number of amides is 1. The van der Waals surface area contributed by atoms with Gasteiger partial charge >= 0.3 is 0 Å². The molecule has 20 heavy (non-hydrogen) atoms. The molecule has 1 aromatic carbocycles. The summed E-state index contributed by atoms with van der Waals surface area (Å²) in [6.45, 7) is 0. The summed E-state index contributed by atoms with van der Waals surface area (Å²) >= 11 is 5.88. The molecule has 0 aliphatic heterocycles. The molecule has 1 aromatic heterocycles. The van der Waals surface area contributed by atoms with Gasteiger partial charge in [0.25, 0.3) is 0 Å². The predicted molar refractivity (Wildman–Crippen MR) is 80.6 cm³/mol. The van der Waals surface area contributed by atoms with Crippen LogP contribution in [-0.4, -0.2) is 16.9 Å². The van der Waals surface area contributed by atoms with E-state index in [1.54, 1.807) is 18.3 Å². The van der Waals surface area contributed by atoms with Crippen LogP contribution in [0.2, 0.25) is 5.15 Å². The van der Waals surface area contributed by atoms with Crippen molar-refractivity contribution in [3.05, 3.63) is 59.4 Å². The molecule has 2 rings (SSSR count). The van der Waals surface area contributed by atoms with E-state index in [9.17, 15) is 4.79 Å². The Balaban J connectivity index is 1.88. The number of carbonyl (C=O) groups is 1. The first kappa shape index (κ1) is 14.5. The Bertz CT molecular complexity index is 574. The number of hydrogen-bond donors (Lipinski definition) is 2. The lowest BCUT2D eigenvalue weighted by molar-refractivity contribution is -0.117. The summed E-state index contributed by atoms with van der Waals surface area (Å²) in [6, 6.07) is 12.7. The zero-order valence-corrected chi connectivity index (χ0v) is 11.7. The number of aromatic nitrogens is 1. The van der Waals surface area contributed by atoms with Crippen molar-refractivity contribution >= 4 is 23.2 Å². The van der Waals surface area contributed by atoms with E-state index in [4.69, 9.17) is 17.3 Å². The third-order valence-corrected chi connectivity index (χ3v) is 3.24. The molecule has 1 amide bonds. The van der Waals surface area contributed by atoms with Crippen molar-refractivity contribution in [2.75, 3.05) is 5.32 Å². The molecule has 1 heterocycles. The molecular weight excluding hydrogens is 274 g/mol. The molecule has 0 bridgehead atoms. The van der Waals surface area contributed by atoms with E-state index in [1.165, 1.54) is 0 Å². The Kier molecular flexibility index (Phi) is 5.09. The molecule has 0 aliphatic rings. The minimum atomic E-state index is -0.577. The van der Waals surface area contributed by atoms with Gasteiger partial charge in [-0.25, -0.2) is 4.98 Å². The molecule has 0 saturated heterocycles. The van der Waals surface area contributed by atoms with Gasteiger partial charge in [-0.3, -0.25) is 4.79 Å². The van der Waals surface area contributed by atoms with Crippen LogP contribution in [0.3, 0.4) is 0 Å². The summed E-state index contributed by atoms with van der Waals surface area (Å²) in [5.74, 6) is -0.254. The topological polar surface area (TPSA) is 68.0 Å². The lowest BCUT2D eigenvalue weighted by Crippen LogP contribution is -2.36. The van der Waals surface area contributed by atoms with Crippen LogP contribution in [0.15, 0.2) is 48.7 Å². The molecule has 0 saturated carbocycles. The van der Waals surface area contributed by atoms with Gasteiger partial charge in [-0.05, 0) is 30.5 Å². The molecule has 0 spiro atoms. The first-order chi connectivity index (χ1) is 9.66. The summed E-state index contributed by atoms with van der Waals surface area (Å²) in [7, 11) is 0. The predicted octanol–water partition coefficient (Wildman–Crippen LogP) is 2.63. The smallest absolute Gasteiger partial charge is 0.241 e. The molecule has 0 fully saturated rings. The summed E-state index contributed by atoms with van der Waals surface area (Å²) < 4.78 is 0. The molecule has 0 aliphatic carbocycles. The summed E-state index contributed by atoms with van der Waals surface area (Å²) in [5, 5.41) is 2.95. The highest BCUT2D eigenvalue weighted by Crippen LogP contribution is 2.17. The Hall–Kier alpha value is -1.91. The number of benzene rings is 1. The van der Waals surface area contributed by atoms with E-state index < -0.39 is 6.04 Å². The van der Waals surface area contributed by atoms with Gasteiger partial charge in [0.2, 0.25) is 5.91 Å². The number of aryl methyl sites for hydroxylation is 1. The zero-order chi connectivity index (χ0) is 14.4. The van der Waals surface area contributed by atoms with Crippen LogP contribution < -0.4 is 11.1 Å². The lowest BCUT2D eigenvalue weighted by atomic mass is 10.1. The van der Waals surface area contributed by atoms with Crippen molar-refractivity contribution < 1.29 is 4.79 Å². The first-order valence-electron chi connectivity index (χ1n) is 6.37. The Morgan fingerprint density at radius 1 is 1.25 bits per heavy atom. The third-order valence-electron chi connectivity index (χ3n) is 2.94. The number of nitrogens with one attached hydrogen (secondary N) is 1. The van der Waals surface area contributed by atoms with Gasteiger partial charge < -0.3 is 11.1 Å². The molecule has 4 nitrogen and oxygen atoms in total. The van der Waals surface area contributed by atoms with E-state index in [0.717, 1.165) is 12.0 Å². The summed E-state index contributed by atoms with van der Waals surface area (Å²) in [4.78, 5) is 15.9. The first-order valence-corrected chi connectivity index (χ1v) is 6.75. The Morgan fingerprint density at radius 2 is 2.00 bits per heavy atom. The van der Waals surface area contributed by atoms with Gasteiger partial charge in [-0.2, -0.15) is 0 Å². The van der Waals surface area contributed by atoms with Crippen LogP contribution >= 0.6 is 11.6 Å². The van der Waals surface area contributed by atoms with Crippen LogP contribution in [-0.2, 0) is 11.2 Å². The maximum Gasteiger partial charge on any atom is 0.241 e. The SMILES string of the molecule is N[C@@H](CCc1ccccc1)C(=O)Nc1cccnc1Cl. The fourth-order valence-electron chi connectivity index (χ4n) is 1.80. The number of carbonyl (C=O) groups excluding carboxylic acids is 1. The molecule has 104 valence electrons. The Morgan fingerprint density at radius 3 is 2.70 bits per heavy atom. The minimum Gasteiger partial charge on any atom is -0.322 e. The molecule has 0 radical (unpaired) electrons. The normalized spacial score (nSPS) is 11.9. The lowest BCUT2D eigenvalue weighted by Gasteiger charge is -2.12. The van der Waals surface area contributed by atoms with Crippen LogP contribution in [0.5, 0.6) is 0 Å². The third kappa shape index (κ3) is 4.05. The summed E-state index contributed by atoms with van der Waals surface area (Å²) in [6.07, 6.45) is 2.90. The fourth-order valence-corrected chi connectivity index (χ4v) is 1.97. The quantitative estimate of drug-likeness (QED) is 0.832. The van der Waals surface area contributed by atoms with Crippen molar-refractivity contribution in [2.45, 2.75) is 18.9 Å². The number of pyridine rings is 1. The number of anilines is 1. The second-order valence-corrected chi connectivity index (χ2v) is 4.82. The van der Waals surface area contributed by atoms with Crippen LogP contribution in [0, 0.1) is 0 Å². The number of nitrogens with two attached hydrogens (primary N) is 1.